The number of aldehydes is 1. The van der Waals surface area contributed by atoms with Gasteiger partial charge in [0.05, 0.1) is 35.7 Å². The molecule has 2 aliphatic rings. The number of carbonyl (C=O) groups is 3. The maximum Gasteiger partial charge on any atom is 0.321 e. The van der Waals surface area contributed by atoms with Crippen molar-refractivity contribution >= 4 is 87.6 Å². The molecule has 0 unspecified atom stereocenters. The first-order valence-electron chi connectivity index (χ1n) is 26.2. The third kappa shape index (κ3) is 12.6. The second kappa shape index (κ2) is 24.6. The lowest BCUT2D eigenvalue weighted by molar-refractivity contribution is -0.128. The number of amides is 2. The molecule has 0 bridgehead atoms. The number of aliphatic imine (C=N–C) groups is 2. The number of rotatable bonds is 20. The number of aromatic nitrogens is 5. The lowest BCUT2D eigenvalue weighted by atomic mass is 9.97. The number of thiazole rings is 1. The van der Waals surface area contributed by atoms with E-state index in [1.54, 1.807) is 83.8 Å². The molecule has 406 valence electrons. The Morgan fingerprint density at radius 2 is 1.42 bits per heavy atom. The van der Waals surface area contributed by atoms with Crippen molar-refractivity contribution in [2.45, 2.75) is 79.3 Å². The zero-order chi connectivity index (χ0) is 55.7. The molecule has 5 heterocycles. The number of anilines is 1. The molecule has 3 N–H and O–H groups in total. The molecule has 0 aliphatic carbocycles. The Labute approximate surface area is 458 Å². The van der Waals surface area contributed by atoms with Gasteiger partial charge in [-0.25, -0.2) is 28.4 Å². The first-order chi connectivity index (χ1) is 38.2. The Balaban J connectivity index is 0.947. The number of nitrogens with two attached hydrogens (primary N) is 1. The van der Waals surface area contributed by atoms with Crippen LogP contribution in [0.3, 0.4) is 0 Å². The fraction of sp³-hybridized carbons (Fsp3) is 0.293. The number of hydrogen-bond acceptors (Lipinski definition) is 16. The van der Waals surface area contributed by atoms with Gasteiger partial charge in [0.1, 0.15) is 34.9 Å². The fourth-order valence-corrected chi connectivity index (χ4v) is 10.1. The monoisotopic (exact) mass is 1090 g/mol. The van der Waals surface area contributed by atoms with Gasteiger partial charge in [-0.2, -0.15) is 10.2 Å². The standard InChI is InChI=1S/C58H59F2N13O5S/c1-6-15-71(16-7-2)55(75)40-22-45-47(59)24-38(26-49(45)65-51(61)28-40)35-10-11-37(34-74)42(20-35)30-63-70(5)32-53-68-69-58(78-53)67-52-29-41(56(76)72(17-8-3)18-9-4)23-46-48(60)25-39(27-50(46)66-52)36-12-13-44-43(21-36)31-64-73(57(44)77)33-54-62-14-19-79-54/h10-14,19-27,30-31,34H,6-9,15-18,28-29,32-33H2,1-5H3,(H2,61,65)(H,66,67,69)/b63-30-. The number of fused-ring (bicyclic) bond motifs is 3. The Kier molecular flexibility index (Phi) is 17.1. The molecule has 0 saturated heterocycles. The van der Waals surface area contributed by atoms with E-state index in [0.29, 0.717) is 87.8 Å². The predicted molar refractivity (Wildman–Crippen MR) is 305 cm³/mol. The molecular weight excluding hydrogens is 1030 g/mol. The molecular formula is C58H59F2N13O5S. The van der Waals surface area contributed by atoms with Gasteiger partial charge in [-0.1, -0.05) is 51.0 Å². The predicted octanol–water partition coefficient (Wildman–Crippen LogP) is 10.2. The van der Waals surface area contributed by atoms with Crippen LogP contribution < -0.4 is 16.6 Å². The molecule has 7 aromatic rings. The van der Waals surface area contributed by atoms with E-state index in [9.17, 15) is 19.2 Å². The van der Waals surface area contributed by atoms with E-state index in [-0.39, 0.29) is 89.4 Å². The minimum atomic E-state index is -0.598. The molecule has 2 aliphatic heterocycles. The summed E-state index contributed by atoms with van der Waals surface area (Å²) in [5.41, 5.74) is 10.4. The van der Waals surface area contributed by atoms with E-state index < -0.39 is 11.6 Å². The normalized spacial score (nSPS) is 13.2. The van der Waals surface area contributed by atoms with Gasteiger partial charge < -0.3 is 20.0 Å². The van der Waals surface area contributed by atoms with Gasteiger partial charge in [0.2, 0.25) is 17.7 Å². The highest BCUT2D eigenvalue weighted by atomic mass is 32.1. The first-order valence-corrected chi connectivity index (χ1v) is 27.0. The Morgan fingerprint density at radius 1 is 0.797 bits per heavy atom. The van der Waals surface area contributed by atoms with Crippen LogP contribution in [0.15, 0.2) is 114 Å². The number of hydrogen-bond donors (Lipinski definition) is 2. The SMILES string of the molecule is CCCN(CCC)C(=O)C1=Cc2c(F)cc(-c3ccc(C=O)c(/C=N\N(C)Cc4nnc(NC5=Nc6cc(-c7ccc8c(=O)n(Cc9nccs9)ncc8c7)cc(F)c6C=C(C(=O)N(CCC)CCC)C5)o4)c3)cc2N=C(N)C1. The zero-order valence-electron chi connectivity index (χ0n) is 44.5. The Morgan fingerprint density at radius 3 is 2.04 bits per heavy atom. The van der Waals surface area contributed by atoms with Crippen LogP contribution in [0, 0.1) is 11.6 Å². The van der Waals surface area contributed by atoms with E-state index in [1.165, 1.54) is 45.5 Å². The maximum atomic E-state index is 16.5. The van der Waals surface area contributed by atoms with E-state index in [0.717, 1.165) is 30.7 Å². The van der Waals surface area contributed by atoms with Crippen molar-refractivity contribution in [2.24, 2.45) is 20.8 Å². The molecule has 4 aromatic carbocycles. The summed E-state index contributed by atoms with van der Waals surface area (Å²) in [4.78, 5) is 70.5. The summed E-state index contributed by atoms with van der Waals surface area (Å²) in [6, 6.07) is 16.4. The summed E-state index contributed by atoms with van der Waals surface area (Å²) in [5.74, 6) is -1.04. The molecule has 21 heteroatoms. The fourth-order valence-electron chi connectivity index (χ4n) is 9.48. The summed E-state index contributed by atoms with van der Waals surface area (Å²) in [5, 5.41) is 25.5. The van der Waals surface area contributed by atoms with Gasteiger partial charge in [0.25, 0.3) is 5.56 Å². The molecule has 9 rings (SSSR count). The minimum Gasteiger partial charge on any atom is -0.406 e. The summed E-state index contributed by atoms with van der Waals surface area (Å²) < 4.78 is 39.9. The summed E-state index contributed by atoms with van der Waals surface area (Å²) in [7, 11) is 1.67. The molecule has 0 atom stereocenters. The van der Waals surface area contributed by atoms with Gasteiger partial charge in [-0.15, -0.1) is 16.4 Å². The minimum absolute atomic E-state index is 0.0172. The lowest BCUT2D eigenvalue weighted by Gasteiger charge is -2.23. The Bertz CT molecular complexity index is 3670. The number of halogens is 2. The average Bonchev–Trinajstić information content (AvgIpc) is 4.13. The van der Waals surface area contributed by atoms with Crippen molar-refractivity contribution in [3.8, 4) is 22.3 Å². The topological polar surface area (TPSA) is 223 Å². The van der Waals surface area contributed by atoms with Crippen LogP contribution in [0.2, 0.25) is 0 Å². The molecule has 18 nitrogen and oxygen atoms in total. The van der Waals surface area contributed by atoms with Crippen molar-refractivity contribution in [2.75, 3.05) is 38.5 Å². The van der Waals surface area contributed by atoms with Gasteiger partial charge in [-0.3, -0.25) is 29.5 Å². The van der Waals surface area contributed by atoms with Crippen molar-refractivity contribution in [3.63, 3.8) is 0 Å². The Hall–Kier alpha value is -8.85. The molecule has 0 radical (unpaired) electrons. The molecule has 0 spiro atoms. The average molecular weight is 1090 g/mol. The van der Waals surface area contributed by atoms with Crippen molar-refractivity contribution in [1.82, 2.24) is 39.8 Å². The lowest BCUT2D eigenvalue weighted by Crippen LogP contribution is -2.34. The molecule has 3 aromatic heterocycles. The number of nitrogens with one attached hydrogen (secondary N) is 1. The van der Waals surface area contributed by atoms with Crippen LogP contribution in [-0.4, -0.2) is 109 Å². The van der Waals surface area contributed by atoms with Gasteiger partial charge in [0.15, 0.2) is 6.29 Å². The van der Waals surface area contributed by atoms with Crippen LogP contribution in [0.4, 0.5) is 26.2 Å². The highest BCUT2D eigenvalue weighted by Gasteiger charge is 2.27. The third-order valence-corrected chi connectivity index (χ3v) is 13.9. The number of carbonyl (C=O) groups excluding carboxylic acids is 3. The van der Waals surface area contributed by atoms with Crippen LogP contribution in [-0.2, 0) is 22.7 Å². The van der Waals surface area contributed by atoms with Crippen LogP contribution in [0.25, 0.3) is 45.2 Å². The summed E-state index contributed by atoms with van der Waals surface area (Å²) in [6.45, 7) is 10.4. The van der Waals surface area contributed by atoms with Crippen LogP contribution in [0.5, 0.6) is 0 Å². The van der Waals surface area contributed by atoms with E-state index in [1.807, 2.05) is 33.1 Å². The highest BCUT2D eigenvalue weighted by molar-refractivity contribution is 7.09. The van der Waals surface area contributed by atoms with Crippen molar-refractivity contribution in [3.05, 3.63) is 145 Å². The van der Waals surface area contributed by atoms with Crippen LogP contribution in [0.1, 0.15) is 104 Å². The maximum absolute atomic E-state index is 16.5. The van der Waals surface area contributed by atoms with Crippen molar-refractivity contribution in [1.29, 1.82) is 0 Å². The first kappa shape index (κ1) is 54.9. The molecule has 2 amide bonds. The van der Waals surface area contributed by atoms with Crippen molar-refractivity contribution < 1.29 is 27.6 Å². The zero-order valence-corrected chi connectivity index (χ0v) is 45.3. The largest absolute Gasteiger partial charge is 0.406 e. The summed E-state index contributed by atoms with van der Waals surface area (Å²) in [6.07, 6.45) is 11.6. The second-order valence-corrected chi connectivity index (χ2v) is 20.2. The quantitative estimate of drug-likeness (QED) is 0.0413. The van der Waals surface area contributed by atoms with E-state index >= 15 is 8.78 Å². The summed E-state index contributed by atoms with van der Waals surface area (Å²) >= 11 is 1.43. The third-order valence-electron chi connectivity index (χ3n) is 13.2. The van der Waals surface area contributed by atoms with E-state index in [2.05, 4.69) is 35.7 Å². The van der Waals surface area contributed by atoms with Crippen LogP contribution >= 0.6 is 11.3 Å². The number of benzene rings is 4. The van der Waals surface area contributed by atoms with E-state index in [4.69, 9.17) is 15.1 Å². The van der Waals surface area contributed by atoms with Gasteiger partial charge in [0, 0.05) is 96.4 Å². The number of hydrazone groups is 1. The smallest absolute Gasteiger partial charge is 0.321 e. The molecule has 0 saturated carbocycles. The second-order valence-electron chi connectivity index (χ2n) is 19.2. The van der Waals surface area contributed by atoms with Gasteiger partial charge >= 0.3 is 6.01 Å². The molecule has 79 heavy (non-hydrogen) atoms. The highest BCUT2D eigenvalue weighted by Crippen LogP contribution is 2.37. The van der Waals surface area contributed by atoms with Gasteiger partial charge in [-0.05, 0) is 103 Å². The number of nitrogens with zero attached hydrogens (tertiary/aromatic N) is 11. The number of amidine groups is 2. The molecule has 0 fully saturated rings.